The van der Waals surface area contributed by atoms with E-state index in [2.05, 4.69) is 60.7 Å². The Kier molecular flexibility index (Phi) is 12.6. The average molecular weight is 639 g/mol. The molecule has 0 aliphatic heterocycles. The molecule has 2 heterocycles. The second-order valence-corrected chi connectivity index (χ2v) is 9.00. The molecule has 2 aromatic heterocycles. The Morgan fingerprint density at radius 1 is 1.11 bits per heavy atom. The summed E-state index contributed by atoms with van der Waals surface area (Å²) in [5.74, 6) is 0. The van der Waals surface area contributed by atoms with Crippen molar-refractivity contribution >= 4 is 63.7 Å². The second kappa shape index (κ2) is 12.9. The van der Waals surface area contributed by atoms with Crippen molar-refractivity contribution in [3.63, 3.8) is 0 Å². The number of aryl methyl sites for hydroxylation is 2. The standard InChI is InChI=1S/C11H18IN3O2.C6H10IN3.ClH/c1-11(2,3)17-10(16)13-6-5-8-7-15(4)14-9(8)12;1-10-4-5(2-3-8)6(7)9-10;/h7H,5-6H2,1-4H3,(H,13,16);4H,2-3,8H2,1H3;1H. The normalized spacial score (nSPS) is 10.6. The number of nitrogens with one attached hydrogen (secondary N) is 1. The van der Waals surface area contributed by atoms with Gasteiger partial charge in [0.25, 0.3) is 0 Å². The van der Waals surface area contributed by atoms with E-state index in [0.29, 0.717) is 13.1 Å². The number of hydrogen-bond donors (Lipinski definition) is 2. The van der Waals surface area contributed by atoms with Gasteiger partial charge in [0, 0.05) is 44.2 Å². The first-order valence-corrected chi connectivity index (χ1v) is 10.7. The fraction of sp³-hybridized carbons (Fsp3) is 0.588. The van der Waals surface area contributed by atoms with Gasteiger partial charge in [0.05, 0.1) is 0 Å². The van der Waals surface area contributed by atoms with Crippen LogP contribution in [0.25, 0.3) is 0 Å². The highest BCUT2D eigenvalue weighted by Gasteiger charge is 2.15. The number of alkyl carbamates (subject to hydrolysis) is 1. The van der Waals surface area contributed by atoms with Crippen LogP contribution in [0.5, 0.6) is 0 Å². The van der Waals surface area contributed by atoms with Gasteiger partial charge in [0.1, 0.15) is 13.0 Å². The lowest BCUT2D eigenvalue weighted by Crippen LogP contribution is -2.33. The molecule has 28 heavy (non-hydrogen) atoms. The van der Waals surface area contributed by atoms with E-state index in [-0.39, 0.29) is 18.5 Å². The first kappa shape index (κ1) is 27.4. The number of aromatic nitrogens is 4. The van der Waals surface area contributed by atoms with Crippen molar-refractivity contribution in [1.82, 2.24) is 24.9 Å². The Labute approximate surface area is 200 Å². The molecule has 1 amide bonds. The van der Waals surface area contributed by atoms with Crippen LogP contribution in [-0.2, 0) is 31.7 Å². The van der Waals surface area contributed by atoms with E-state index < -0.39 is 5.60 Å². The van der Waals surface area contributed by atoms with E-state index in [4.69, 9.17) is 10.5 Å². The Hall–Kier alpha value is -0.600. The zero-order valence-corrected chi connectivity index (χ0v) is 22.0. The molecule has 8 nitrogen and oxygen atoms in total. The molecular formula is C17H29ClI2N6O2. The number of amides is 1. The smallest absolute Gasteiger partial charge is 0.407 e. The average Bonchev–Trinajstić information content (AvgIpc) is 2.99. The quantitative estimate of drug-likeness (QED) is 0.491. The van der Waals surface area contributed by atoms with E-state index in [1.165, 1.54) is 5.56 Å². The summed E-state index contributed by atoms with van der Waals surface area (Å²) in [7, 11) is 3.80. The van der Waals surface area contributed by atoms with Gasteiger partial charge in [0.2, 0.25) is 0 Å². The van der Waals surface area contributed by atoms with Crippen molar-refractivity contribution in [3.8, 4) is 0 Å². The van der Waals surface area contributed by atoms with Gasteiger partial charge in [-0.3, -0.25) is 9.36 Å². The third-order valence-corrected chi connectivity index (χ3v) is 5.00. The predicted octanol–water partition coefficient (Wildman–Crippen LogP) is 3.04. The molecule has 0 aliphatic rings. The summed E-state index contributed by atoms with van der Waals surface area (Å²) in [5.41, 5.74) is 7.32. The largest absolute Gasteiger partial charge is 0.444 e. The van der Waals surface area contributed by atoms with Crippen molar-refractivity contribution in [1.29, 1.82) is 0 Å². The molecule has 2 aromatic rings. The van der Waals surface area contributed by atoms with Crippen molar-refractivity contribution in [2.24, 2.45) is 19.8 Å². The highest BCUT2D eigenvalue weighted by molar-refractivity contribution is 14.1. The minimum absolute atomic E-state index is 0. The van der Waals surface area contributed by atoms with Gasteiger partial charge in [-0.15, -0.1) is 12.4 Å². The summed E-state index contributed by atoms with van der Waals surface area (Å²) in [6, 6.07) is 0. The SMILES string of the molecule is Cl.Cn1cc(CCN)c(I)n1.Cn1cc(CCNC(=O)OC(C)(C)C)c(I)n1. The number of hydrogen-bond acceptors (Lipinski definition) is 5. The van der Waals surface area contributed by atoms with Gasteiger partial charge < -0.3 is 15.8 Å². The number of nitrogens with two attached hydrogens (primary N) is 1. The van der Waals surface area contributed by atoms with E-state index in [1.54, 1.807) is 4.68 Å². The van der Waals surface area contributed by atoms with Gasteiger partial charge >= 0.3 is 6.09 Å². The summed E-state index contributed by atoms with van der Waals surface area (Å²) in [5, 5.41) is 11.1. The number of rotatable bonds is 5. The topological polar surface area (TPSA) is 100.0 Å². The van der Waals surface area contributed by atoms with Crippen LogP contribution in [0.4, 0.5) is 4.79 Å². The van der Waals surface area contributed by atoms with Crippen LogP contribution in [0.1, 0.15) is 31.9 Å². The minimum Gasteiger partial charge on any atom is -0.444 e. The number of carbonyl (C=O) groups excluding carboxylic acids is 1. The van der Waals surface area contributed by atoms with Gasteiger partial charge in [-0.05, 0) is 85.3 Å². The molecule has 0 unspecified atom stereocenters. The third kappa shape index (κ3) is 10.8. The van der Waals surface area contributed by atoms with E-state index in [0.717, 1.165) is 25.8 Å². The maximum atomic E-state index is 11.4. The fourth-order valence-corrected chi connectivity index (χ4v) is 3.62. The first-order valence-electron chi connectivity index (χ1n) is 8.54. The third-order valence-electron chi connectivity index (χ3n) is 3.18. The molecular weight excluding hydrogens is 609 g/mol. The molecule has 0 fully saturated rings. The number of ether oxygens (including phenoxy) is 1. The van der Waals surface area contributed by atoms with Gasteiger partial charge in [-0.25, -0.2) is 4.79 Å². The van der Waals surface area contributed by atoms with Crippen LogP contribution in [0.15, 0.2) is 12.4 Å². The minimum atomic E-state index is -0.452. The molecule has 0 saturated carbocycles. The van der Waals surface area contributed by atoms with Crippen molar-refractivity contribution < 1.29 is 9.53 Å². The molecule has 0 spiro atoms. The van der Waals surface area contributed by atoms with Crippen LogP contribution in [-0.4, -0.2) is 44.3 Å². The van der Waals surface area contributed by atoms with E-state index in [9.17, 15) is 4.79 Å². The van der Waals surface area contributed by atoms with Crippen LogP contribution >= 0.6 is 57.6 Å². The van der Waals surface area contributed by atoms with Crippen molar-refractivity contribution in [2.45, 2.75) is 39.2 Å². The predicted molar refractivity (Wildman–Crippen MR) is 130 cm³/mol. The van der Waals surface area contributed by atoms with Crippen molar-refractivity contribution in [3.05, 3.63) is 30.9 Å². The molecule has 160 valence electrons. The van der Waals surface area contributed by atoms with Crippen LogP contribution < -0.4 is 11.1 Å². The summed E-state index contributed by atoms with van der Waals surface area (Å²) in [4.78, 5) is 11.4. The molecule has 0 atom stereocenters. The lowest BCUT2D eigenvalue weighted by atomic mass is 10.2. The Balaban J connectivity index is 0.000000567. The highest BCUT2D eigenvalue weighted by Crippen LogP contribution is 2.10. The maximum Gasteiger partial charge on any atom is 0.407 e. The fourth-order valence-electron chi connectivity index (χ4n) is 2.13. The van der Waals surface area contributed by atoms with E-state index in [1.807, 2.05) is 51.9 Å². The molecule has 0 bridgehead atoms. The molecule has 2 rings (SSSR count). The molecule has 3 N–H and O–H groups in total. The van der Waals surface area contributed by atoms with Crippen LogP contribution in [0.3, 0.4) is 0 Å². The molecule has 0 aliphatic carbocycles. The zero-order valence-electron chi connectivity index (χ0n) is 16.8. The highest BCUT2D eigenvalue weighted by atomic mass is 127. The molecule has 11 heteroatoms. The summed E-state index contributed by atoms with van der Waals surface area (Å²) >= 11 is 4.40. The molecule has 0 radical (unpaired) electrons. The van der Waals surface area contributed by atoms with Crippen LogP contribution in [0, 0.1) is 7.40 Å². The Bertz CT molecular complexity index is 743. The number of carbonyl (C=O) groups is 1. The number of nitrogens with zero attached hydrogens (tertiary/aromatic N) is 4. The van der Waals surface area contributed by atoms with Gasteiger partial charge in [-0.2, -0.15) is 10.2 Å². The Morgan fingerprint density at radius 3 is 1.93 bits per heavy atom. The van der Waals surface area contributed by atoms with E-state index >= 15 is 0 Å². The number of halogens is 3. The first-order chi connectivity index (χ1) is 12.5. The lowest BCUT2D eigenvalue weighted by Gasteiger charge is -2.19. The lowest BCUT2D eigenvalue weighted by molar-refractivity contribution is 0.0528. The maximum absolute atomic E-state index is 11.4. The van der Waals surface area contributed by atoms with Crippen molar-refractivity contribution in [2.75, 3.05) is 13.1 Å². The second-order valence-electron chi connectivity index (χ2n) is 6.95. The monoisotopic (exact) mass is 638 g/mol. The zero-order chi connectivity index (χ0) is 20.6. The Morgan fingerprint density at radius 2 is 1.57 bits per heavy atom. The molecule has 0 aromatic carbocycles. The summed E-state index contributed by atoms with van der Waals surface area (Å²) in [6.45, 7) is 6.78. The van der Waals surface area contributed by atoms with Crippen LogP contribution in [0.2, 0.25) is 0 Å². The summed E-state index contributed by atoms with van der Waals surface area (Å²) in [6.07, 6.45) is 5.27. The summed E-state index contributed by atoms with van der Waals surface area (Å²) < 4.78 is 10.7. The molecule has 0 saturated heterocycles. The van der Waals surface area contributed by atoms with Gasteiger partial charge in [-0.1, -0.05) is 0 Å². The van der Waals surface area contributed by atoms with Gasteiger partial charge in [0.15, 0.2) is 0 Å².